The van der Waals surface area contributed by atoms with E-state index in [4.69, 9.17) is 24.7 Å². The summed E-state index contributed by atoms with van der Waals surface area (Å²) in [6.45, 7) is 12.2. The molecule has 8 heteroatoms. The SMILES string of the molecule is CCC1=C(C)c2cc3[n-]c(cc4nc(c5c6[n-]c(cc1n2)c(C)c6CC5)[C@@H](CCC(=O)OC)[C@@H]4C)c(C)c3/C=C/c1ccc(C2N(C)CC34c5c6c7c8c9c%10c(c%11c%12c3c3c5c5c%13c6c6c7c7c9c9c%14c%10c%10c%11c%11c%12c%12c3c3c5c5c%13c%13c6c6c7c9c7c9c%14c%10c%10c%11c%11c%12c3c3c5c5c%13c6c7c6c9c%10c%11c3c56)C824)cc1.[Zn+2]. The predicted octanol–water partition coefficient (Wildman–Crippen LogP) is 24.9. The summed E-state index contributed by atoms with van der Waals surface area (Å²) < 4.78 is 5.26. The average Bonchev–Trinajstić information content (AvgIpc) is 1.38. The van der Waals surface area contributed by atoms with E-state index in [0.717, 1.165) is 81.8 Å². The van der Waals surface area contributed by atoms with Gasteiger partial charge >= 0.3 is 25.4 Å². The number of rotatable bonds is 7. The minimum atomic E-state index is -0.443. The van der Waals surface area contributed by atoms with E-state index in [2.05, 4.69) is 101 Å². The number of carbonyl (C=O) groups excluding carboxylic acids is 1. The summed E-state index contributed by atoms with van der Waals surface area (Å²) in [6.07, 6.45) is 8.39. The molecule has 8 aliphatic rings. The number of fused-ring (bicyclic) bond motifs is 8. The van der Waals surface area contributed by atoms with Gasteiger partial charge in [-0.3, -0.25) is 14.7 Å². The minimum absolute atomic E-state index is 0. The van der Waals surface area contributed by atoms with Gasteiger partial charge in [0.1, 0.15) is 0 Å². The number of allylic oxidation sites excluding steroid dienone is 2. The normalized spacial score (nSPS) is 21.8. The summed E-state index contributed by atoms with van der Waals surface area (Å²) in [5.41, 5.74) is 25.1. The summed E-state index contributed by atoms with van der Waals surface area (Å²) in [4.78, 5) is 38.1. The predicted molar refractivity (Wildman–Crippen MR) is 456 cm³/mol. The van der Waals surface area contributed by atoms with Crippen molar-refractivity contribution in [1.82, 2.24) is 24.8 Å². The Morgan fingerprint density at radius 2 is 0.865 bits per heavy atom. The number of aromatic nitrogens is 4. The van der Waals surface area contributed by atoms with Gasteiger partial charge in [0.25, 0.3) is 0 Å². The first-order chi connectivity index (χ1) is 54.1. The summed E-state index contributed by atoms with van der Waals surface area (Å²) in [5, 5.41) is 88.7. The minimum Gasteiger partial charge on any atom is -0.657 e. The zero-order valence-electron chi connectivity index (χ0n) is 60.9. The first-order valence-corrected chi connectivity index (χ1v) is 40.8. The van der Waals surface area contributed by atoms with E-state index in [1.807, 2.05) is 0 Å². The number of benzene rings is 19. The monoisotopic (exact) mass is 1450 g/mol. The average molecular weight is 1450 g/mol. The van der Waals surface area contributed by atoms with Gasteiger partial charge in [0, 0.05) is 42.2 Å². The molecule has 5 aliphatic carbocycles. The van der Waals surface area contributed by atoms with Crippen molar-refractivity contribution in [2.45, 2.75) is 95.4 Å². The molecule has 8 bridgehead atoms. The van der Waals surface area contributed by atoms with Gasteiger partial charge in [0.15, 0.2) is 0 Å². The fraction of sp³-hybridized carbons (Fsp3) is 0.175. The molecule has 3 atom stereocenters. The van der Waals surface area contributed by atoms with E-state index < -0.39 is 5.41 Å². The molecule has 3 aromatic heterocycles. The van der Waals surface area contributed by atoms with Crippen LogP contribution in [0.3, 0.4) is 0 Å². The zero-order valence-corrected chi connectivity index (χ0v) is 63.9. The van der Waals surface area contributed by atoms with Crippen molar-refractivity contribution in [1.29, 1.82) is 0 Å². The third kappa shape index (κ3) is 3.75. The van der Waals surface area contributed by atoms with Crippen molar-refractivity contribution in [3.8, 4) is 0 Å². The van der Waals surface area contributed by atoms with E-state index in [1.165, 1.54) is 46.1 Å². The van der Waals surface area contributed by atoms with Gasteiger partial charge in [-0.05, 0) is 400 Å². The van der Waals surface area contributed by atoms with Gasteiger partial charge in [-0.25, -0.2) is 4.98 Å². The van der Waals surface area contributed by atoms with E-state index >= 15 is 0 Å². The number of hydrogen-bond donors (Lipinski definition) is 0. The van der Waals surface area contributed by atoms with Gasteiger partial charge in [-0.15, -0.1) is 22.1 Å². The topological polar surface area (TPSA) is 83.5 Å². The Balaban J connectivity index is 0.00000562. The number of methoxy groups -OCH3 is 1. The first-order valence-electron chi connectivity index (χ1n) is 40.8. The van der Waals surface area contributed by atoms with E-state index in [9.17, 15) is 4.79 Å². The molecule has 3 aliphatic heterocycles. The Bertz CT molecular complexity index is 9950. The maximum atomic E-state index is 12.9. The Morgan fingerprint density at radius 3 is 1.28 bits per heavy atom. The Kier molecular flexibility index (Phi) is 6.40. The molecule has 0 N–H and O–H groups in total. The molecule has 0 amide bonds. The number of esters is 1. The number of nitrogens with zero attached hydrogens (tertiary/aromatic N) is 5. The molecular formula is C103H45N5O2Zn. The molecule has 496 valence electrons. The Hall–Kier alpha value is -11.7. The standard InChI is InChI=1S/C103H45N5O2.Zn/c1-8-29-23(2)35-20-39-30(24(3)34(105-39)19-36-26(5)32(17-18-40(109)110-7)100(106-36)33-16-15-31-25(4)37(107-99(31)33)21-38(29)104-35)14-11-27-9-12-28(13-10-27)101-103-97-91-85-75-63-55-47-43-41-42-45-49(47)57(63)67-61-53(45)54-46(42)50-48-44(41)52-51(43)59-65(55)73-79-69(59)70-60(52)66-56(48)64-58(50)68-62(54)72-71(61)83(77(67)85)93(97)94-84(72)78(68)86-76(64)82-74(66)80(70)88-87(79)95(89(91)81(73)75)102(103,22-108(101)6)96(88)90(82)92(86)98(94)103;/h9-14,19-21,26,32,101H,8,15-18,22H2,1-7H3;/q-2;+2/b14-11+;/t26-,32-,101?,102?,103?;/m0./s1. The third-order valence-corrected chi connectivity index (χ3v) is 35.6. The Morgan fingerprint density at radius 1 is 0.477 bits per heavy atom. The van der Waals surface area contributed by atoms with Gasteiger partial charge in [0.05, 0.1) is 29.3 Å². The van der Waals surface area contributed by atoms with Crippen LogP contribution in [0.2, 0.25) is 0 Å². The van der Waals surface area contributed by atoms with Crippen molar-refractivity contribution in [2.24, 2.45) is 0 Å². The van der Waals surface area contributed by atoms with Crippen LogP contribution in [0.15, 0.2) is 42.5 Å². The fourth-order valence-corrected chi connectivity index (χ4v) is 33.2. The van der Waals surface area contributed by atoms with Crippen LogP contribution >= 0.6 is 0 Å². The molecule has 7 nitrogen and oxygen atoms in total. The molecule has 0 radical (unpaired) electrons. The van der Waals surface area contributed by atoms with Gasteiger partial charge in [0.2, 0.25) is 0 Å². The molecule has 1 saturated heterocycles. The van der Waals surface area contributed by atoms with Crippen LogP contribution in [-0.4, -0.2) is 41.5 Å². The van der Waals surface area contributed by atoms with Crippen LogP contribution in [0.25, 0.3) is 336 Å². The molecule has 6 heterocycles. The molecule has 111 heavy (non-hydrogen) atoms. The van der Waals surface area contributed by atoms with Crippen molar-refractivity contribution in [3.63, 3.8) is 0 Å². The van der Waals surface area contributed by atoms with Crippen LogP contribution in [0, 0.1) is 13.8 Å². The van der Waals surface area contributed by atoms with Crippen LogP contribution < -0.4 is 9.97 Å². The first kappa shape index (κ1) is 51.7. The van der Waals surface area contributed by atoms with Crippen LogP contribution in [-0.2, 0) is 52.7 Å². The second-order valence-corrected chi connectivity index (χ2v) is 37.8. The number of ether oxygens (including phenoxy) is 1. The largest absolute Gasteiger partial charge is 2.00 e. The zero-order chi connectivity index (χ0) is 69.3. The van der Waals surface area contributed by atoms with Gasteiger partial charge in [-0.2, -0.15) is 0 Å². The van der Waals surface area contributed by atoms with E-state index in [1.54, 1.807) is 313 Å². The number of likely N-dealkylation sites (N-methyl/N-ethyl adjacent to an activating group) is 1. The number of carbonyl (C=O) groups is 1. The number of aryl methyl sites for hydroxylation is 4. The second-order valence-electron chi connectivity index (χ2n) is 37.8. The number of likely N-dealkylation sites (tertiary alicyclic amines) is 1. The van der Waals surface area contributed by atoms with Crippen molar-refractivity contribution in [2.75, 3.05) is 20.7 Å². The van der Waals surface area contributed by atoms with Crippen LogP contribution in [0.5, 0.6) is 0 Å². The molecule has 0 saturated carbocycles. The van der Waals surface area contributed by atoms with Crippen molar-refractivity contribution >= 4 is 342 Å². The van der Waals surface area contributed by atoms with Crippen LogP contribution in [0.4, 0.5) is 0 Å². The van der Waals surface area contributed by atoms with Gasteiger partial charge < -0.3 is 14.7 Å². The molecule has 40 rings (SSSR count). The maximum absolute atomic E-state index is 12.9. The fourth-order valence-electron chi connectivity index (χ4n) is 33.2. The van der Waals surface area contributed by atoms with E-state index in [0.29, 0.717) is 12.8 Å². The van der Waals surface area contributed by atoms with Crippen LogP contribution in [0.1, 0.15) is 142 Å². The number of hydrogen-bond acceptors (Lipinski definition) is 5. The molecule has 32 aromatic rings. The molecule has 2 spiro atoms. The van der Waals surface area contributed by atoms with E-state index in [-0.39, 0.29) is 48.7 Å². The Labute approximate surface area is 634 Å². The smallest absolute Gasteiger partial charge is 0.657 e. The third-order valence-electron chi connectivity index (χ3n) is 35.6. The van der Waals surface area contributed by atoms with Gasteiger partial charge in [-0.1, -0.05) is 85.2 Å². The van der Waals surface area contributed by atoms with Crippen molar-refractivity contribution in [3.05, 3.63) is 126 Å². The molecular weight excluding hydrogens is 1400 g/mol. The summed E-state index contributed by atoms with van der Waals surface area (Å²) in [5.74, 6) is -0.0856. The molecule has 1 fully saturated rings. The second kappa shape index (κ2) is 13.7. The quantitative estimate of drug-likeness (QED) is 0.0893. The maximum Gasteiger partial charge on any atom is 2.00 e. The molecule has 29 aromatic carbocycles. The molecule has 1 unspecified atom stereocenters. The summed E-state index contributed by atoms with van der Waals surface area (Å²) >= 11 is 0. The summed E-state index contributed by atoms with van der Waals surface area (Å²) in [6, 6.07) is 16.9. The summed E-state index contributed by atoms with van der Waals surface area (Å²) in [7, 11) is 4.08. The van der Waals surface area contributed by atoms with Crippen molar-refractivity contribution < 1.29 is 29.0 Å².